The number of benzene rings is 1. The van der Waals surface area contributed by atoms with Crippen molar-refractivity contribution < 1.29 is 48.6 Å². The van der Waals surface area contributed by atoms with Crippen molar-refractivity contribution in [2.24, 2.45) is 0 Å². The number of rotatable bonds is 11. The van der Waals surface area contributed by atoms with Crippen LogP contribution in [0.1, 0.15) is 61.7 Å². The van der Waals surface area contributed by atoms with Crippen LogP contribution in [0.4, 0.5) is 10.1 Å². The maximum atomic E-state index is 11.9. The summed E-state index contributed by atoms with van der Waals surface area (Å²) in [7, 11) is 0. The molecule has 0 aliphatic carbocycles. The third-order valence-corrected chi connectivity index (χ3v) is 3.44. The number of aromatic carboxylic acids is 1. The fourth-order valence-corrected chi connectivity index (χ4v) is 2.18. The molecule has 4 nitrogen and oxygen atoms in total. The second-order valence-corrected chi connectivity index (χ2v) is 5.33. The molecule has 0 spiro atoms. The number of anilines is 1. The van der Waals surface area contributed by atoms with Crippen molar-refractivity contribution in [3.05, 3.63) is 29.8 Å². The minimum absolute atomic E-state index is 0. The number of hydrogen-bond donors (Lipinski definition) is 1. The zero-order valence-electron chi connectivity index (χ0n) is 13.8. The number of carboxylic acid groups (broad SMARTS) is 1. The Balaban J connectivity index is 0.00000484. The predicted octanol–water partition coefficient (Wildman–Crippen LogP) is 0.0829. The topological polar surface area (TPSA) is 69.2 Å². The normalized spacial score (nSPS) is 9.96. The number of halogens is 1. The van der Waals surface area contributed by atoms with E-state index in [1.807, 2.05) is 0 Å². The van der Waals surface area contributed by atoms with Crippen molar-refractivity contribution >= 4 is 17.6 Å². The Kier molecular flexibility index (Phi) is 13.0. The Morgan fingerprint density at radius 3 is 1.96 bits per heavy atom. The van der Waals surface area contributed by atoms with Gasteiger partial charge in [-0.3, -0.25) is 9.18 Å². The SMILES string of the molecule is O=C(CCCCCCCCCF)Nc1ccc(C(=O)[O-])cc1.[Na+]. The number of carbonyl (C=O) groups excluding carboxylic acids is 2. The summed E-state index contributed by atoms with van der Waals surface area (Å²) in [6.07, 6.45) is 7.08. The minimum atomic E-state index is -1.23. The Labute approximate surface area is 159 Å². The van der Waals surface area contributed by atoms with Gasteiger partial charge in [0.1, 0.15) is 0 Å². The van der Waals surface area contributed by atoms with Gasteiger partial charge in [0.2, 0.25) is 5.91 Å². The van der Waals surface area contributed by atoms with E-state index < -0.39 is 5.97 Å². The van der Waals surface area contributed by atoms with Crippen LogP contribution in [0.3, 0.4) is 0 Å². The summed E-state index contributed by atoms with van der Waals surface area (Å²) < 4.78 is 11.9. The van der Waals surface area contributed by atoms with E-state index in [2.05, 4.69) is 5.32 Å². The van der Waals surface area contributed by atoms with Gasteiger partial charge in [0.15, 0.2) is 0 Å². The van der Waals surface area contributed by atoms with E-state index in [1.54, 1.807) is 12.1 Å². The minimum Gasteiger partial charge on any atom is -0.545 e. The molecule has 1 aromatic carbocycles. The fourth-order valence-electron chi connectivity index (χ4n) is 2.18. The second kappa shape index (κ2) is 13.5. The monoisotopic (exact) mass is 331 g/mol. The predicted molar refractivity (Wildman–Crippen MR) is 82.3 cm³/mol. The number of nitrogens with one attached hydrogen (secondary N) is 1. The quantitative estimate of drug-likeness (QED) is 0.461. The van der Waals surface area contributed by atoms with Crippen molar-refractivity contribution in [1.82, 2.24) is 0 Å². The smallest absolute Gasteiger partial charge is 0.545 e. The van der Waals surface area contributed by atoms with Gasteiger partial charge in [-0.15, -0.1) is 0 Å². The van der Waals surface area contributed by atoms with Crippen LogP contribution in [-0.2, 0) is 4.79 Å². The van der Waals surface area contributed by atoms with E-state index >= 15 is 0 Å². The molecule has 0 aromatic heterocycles. The standard InChI is InChI=1S/C17H24FNO3.Na/c18-13-7-5-3-1-2-4-6-8-16(20)19-15-11-9-14(10-12-15)17(21)22;/h9-12H,1-8,13H2,(H,19,20)(H,21,22);/q;+1/p-1. The molecule has 23 heavy (non-hydrogen) atoms. The van der Waals surface area contributed by atoms with Crippen LogP contribution in [0.2, 0.25) is 0 Å². The summed E-state index contributed by atoms with van der Waals surface area (Å²) in [6, 6.07) is 5.91. The summed E-state index contributed by atoms with van der Waals surface area (Å²) >= 11 is 0. The first-order chi connectivity index (χ1) is 10.6. The van der Waals surface area contributed by atoms with Crippen molar-refractivity contribution in [3.8, 4) is 0 Å². The van der Waals surface area contributed by atoms with Gasteiger partial charge in [-0.2, -0.15) is 0 Å². The molecule has 0 saturated carbocycles. The summed E-state index contributed by atoms with van der Waals surface area (Å²) in [5.74, 6) is -1.30. The molecule has 1 N–H and O–H groups in total. The molecule has 122 valence electrons. The summed E-state index contributed by atoms with van der Waals surface area (Å²) in [5, 5.41) is 13.3. The molecular weight excluding hydrogens is 308 g/mol. The van der Waals surface area contributed by atoms with Crippen LogP contribution in [-0.4, -0.2) is 18.6 Å². The molecule has 0 unspecified atom stereocenters. The molecule has 0 heterocycles. The van der Waals surface area contributed by atoms with Gasteiger partial charge in [-0.1, -0.05) is 44.2 Å². The zero-order valence-corrected chi connectivity index (χ0v) is 15.8. The Bertz CT molecular complexity index is 465. The van der Waals surface area contributed by atoms with E-state index in [4.69, 9.17) is 0 Å². The molecule has 0 fully saturated rings. The Morgan fingerprint density at radius 2 is 1.43 bits per heavy atom. The summed E-state index contributed by atoms with van der Waals surface area (Å²) in [4.78, 5) is 22.3. The van der Waals surface area contributed by atoms with Crippen LogP contribution < -0.4 is 40.0 Å². The molecule has 0 saturated heterocycles. The molecule has 0 aliphatic rings. The summed E-state index contributed by atoms with van der Waals surface area (Å²) in [6.45, 7) is -0.232. The number of unbranched alkanes of at least 4 members (excludes halogenated alkanes) is 6. The first kappa shape index (κ1) is 22.1. The van der Waals surface area contributed by atoms with Gasteiger partial charge in [0.25, 0.3) is 0 Å². The van der Waals surface area contributed by atoms with E-state index in [0.717, 1.165) is 38.5 Å². The molecule has 0 radical (unpaired) electrons. The molecule has 1 aromatic rings. The van der Waals surface area contributed by atoms with Crippen molar-refractivity contribution in [2.75, 3.05) is 12.0 Å². The molecule has 6 heteroatoms. The number of amides is 1. The van der Waals surface area contributed by atoms with Crippen molar-refractivity contribution in [2.45, 2.75) is 51.4 Å². The van der Waals surface area contributed by atoms with Crippen LogP contribution in [0.25, 0.3) is 0 Å². The van der Waals surface area contributed by atoms with Gasteiger partial charge in [0, 0.05) is 12.1 Å². The average Bonchev–Trinajstić information content (AvgIpc) is 2.50. The van der Waals surface area contributed by atoms with Crippen LogP contribution >= 0.6 is 0 Å². The second-order valence-electron chi connectivity index (χ2n) is 5.33. The molecule has 1 rings (SSSR count). The number of carbonyl (C=O) groups is 2. The Morgan fingerprint density at radius 1 is 0.913 bits per heavy atom. The van der Waals surface area contributed by atoms with Gasteiger partial charge in [0.05, 0.1) is 12.6 Å². The average molecular weight is 331 g/mol. The fraction of sp³-hybridized carbons (Fsp3) is 0.529. The van der Waals surface area contributed by atoms with E-state index in [9.17, 15) is 19.1 Å². The Hall–Kier alpha value is -0.910. The van der Waals surface area contributed by atoms with Crippen LogP contribution in [0.5, 0.6) is 0 Å². The molecule has 0 atom stereocenters. The van der Waals surface area contributed by atoms with Crippen LogP contribution in [0.15, 0.2) is 24.3 Å². The molecule has 1 amide bonds. The molecular formula is C17H23FNNaO3. The van der Waals surface area contributed by atoms with Gasteiger partial charge >= 0.3 is 29.6 Å². The van der Waals surface area contributed by atoms with Crippen LogP contribution in [0, 0.1) is 0 Å². The van der Waals surface area contributed by atoms with E-state index in [1.165, 1.54) is 12.1 Å². The van der Waals surface area contributed by atoms with Gasteiger partial charge in [-0.25, -0.2) is 0 Å². The number of alkyl halides is 1. The van der Waals surface area contributed by atoms with Gasteiger partial charge in [-0.05, 0) is 30.5 Å². The largest absolute Gasteiger partial charge is 1.00 e. The zero-order chi connectivity index (χ0) is 16.2. The van der Waals surface area contributed by atoms with E-state index in [-0.39, 0.29) is 47.7 Å². The maximum absolute atomic E-state index is 11.9. The number of carboxylic acids is 1. The third-order valence-electron chi connectivity index (χ3n) is 3.44. The van der Waals surface area contributed by atoms with Gasteiger partial charge < -0.3 is 15.2 Å². The molecule has 0 aliphatic heterocycles. The first-order valence-electron chi connectivity index (χ1n) is 7.80. The number of hydrogen-bond acceptors (Lipinski definition) is 3. The third kappa shape index (κ3) is 10.5. The maximum Gasteiger partial charge on any atom is 1.00 e. The summed E-state index contributed by atoms with van der Waals surface area (Å²) in [5.41, 5.74) is 0.673. The molecule has 0 bridgehead atoms. The van der Waals surface area contributed by atoms with Crippen molar-refractivity contribution in [1.29, 1.82) is 0 Å². The first-order valence-corrected chi connectivity index (χ1v) is 7.80. The van der Waals surface area contributed by atoms with E-state index in [0.29, 0.717) is 18.5 Å². The van der Waals surface area contributed by atoms with Crippen molar-refractivity contribution in [3.63, 3.8) is 0 Å².